The van der Waals surface area contributed by atoms with E-state index in [9.17, 15) is 0 Å². The minimum Gasteiger partial charge on any atom is -0.486 e. The molecule has 4 aromatic heterocycles. The minimum atomic E-state index is -2.32. The normalized spacial score (nSPS) is 14.8. The molecule has 0 bridgehead atoms. The standard InChI is InChI=1S/C22H21N2O.C19H17N2.Ir/c1-14-8-9-17-16-6-5-7-18(20(16)25-21(17)24-14)19-12-15(10-11-23-19)13-22(2,3)4;1-13(2)15-11-12-21-18-16(15)9-6-10-17(18)20-19(21)14-7-4-3-5-8-14;/h5-6,8-12H,13H2,1-4H3;3-7,9-11,13H,12H2,1-2H3;/q2*-1;/i1D3,13D2;;. The predicted molar refractivity (Wildman–Crippen MR) is 188 cm³/mol. The average molecular weight is 800 g/mol. The van der Waals surface area contributed by atoms with Crippen LogP contribution < -0.4 is 0 Å². The van der Waals surface area contributed by atoms with E-state index < -0.39 is 18.6 Å². The van der Waals surface area contributed by atoms with E-state index in [0.717, 1.165) is 28.8 Å². The van der Waals surface area contributed by atoms with Crippen molar-refractivity contribution in [3.05, 3.63) is 120 Å². The van der Waals surface area contributed by atoms with Gasteiger partial charge in [0, 0.05) is 56.3 Å². The van der Waals surface area contributed by atoms with E-state index in [1.165, 1.54) is 22.7 Å². The van der Waals surface area contributed by atoms with Crippen molar-refractivity contribution in [1.82, 2.24) is 19.5 Å². The van der Waals surface area contributed by atoms with Crippen LogP contribution in [-0.4, -0.2) is 19.5 Å². The number of nitrogens with zero attached hydrogens (tertiary/aromatic N) is 4. The Balaban J connectivity index is 0.000000185. The SMILES string of the molecule is CC(C)C1=CCn2c(-c3[c-]cccc3)nc3cccc1c32.[2H]C([2H])([2H])c1ccc2c(n1)oc1c(-c3cc(C([2H])([2H])C(C)(C)C)ccn3)[c-]ccc12.[Ir]. The Kier molecular flexibility index (Phi) is 7.39. The third-order valence-corrected chi connectivity index (χ3v) is 7.98. The Morgan fingerprint density at radius 1 is 0.979 bits per heavy atom. The summed E-state index contributed by atoms with van der Waals surface area (Å²) in [5.74, 6) is 1.54. The number of aromatic nitrogens is 4. The van der Waals surface area contributed by atoms with E-state index in [2.05, 4.69) is 70.9 Å². The fraction of sp³-hybridized carbons (Fsp3) is 0.244. The van der Waals surface area contributed by atoms with Crippen LogP contribution in [0.2, 0.25) is 0 Å². The van der Waals surface area contributed by atoms with Gasteiger partial charge in [0.15, 0.2) is 0 Å². The zero-order valence-electron chi connectivity index (χ0n) is 32.0. The van der Waals surface area contributed by atoms with Gasteiger partial charge >= 0.3 is 0 Å². The summed E-state index contributed by atoms with van der Waals surface area (Å²) in [6, 6.07) is 31.1. The summed E-state index contributed by atoms with van der Waals surface area (Å²) in [5.41, 5.74) is 7.86. The van der Waals surface area contributed by atoms with Gasteiger partial charge in [0.25, 0.3) is 0 Å². The van der Waals surface area contributed by atoms with Gasteiger partial charge < -0.3 is 14.0 Å². The number of furan rings is 1. The second kappa shape index (κ2) is 13.0. The number of hydrogen-bond acceptors (Lipinski definition) is 4. The van der Waals surface area contributed by atoms with Crippen molar-refractivity contribution < 1.29 is 31.4 Å². The first-order valence-electron chi connectivity index (χ1n) is 18.0. The van der Waals surface area contributed by atoms with Gasteiger partial charge in [-0.25, -0.2) is 4.98 Å². The number of para-hydroxylation sites is 1. The van der Waals surface area contributed by atoms with Crippen molar-refractivity contribution in [3.8, 4) is 22.6 Å². The summed E-state index contributed by atoms with van der Waals surface area (Å²) in [7, 11) is 0. The van der Waals surface area contributed by atoms with Gasteiger partial charge in [-0.2, -0.15) is 0 Å². The minimum absolute atomic E-state index is 0. The fourth-order valence-corrected chi connectivity index (χ4v) is 6.07. The molecule has 5 nitrogen and oxygen atoms in total. The summed E-state index contributed by atoms with van der Waals surface area (Å²) in [6.45, 7) is 8.63. The van der Waals surface area contributed by atoms with Crippen molar-refractivity contribution in [2.75, 3.05) is 0 Å². The van der Waals surface area contributed by atoms with Gasteiger partial charge in [-0.15, -0.1) is 54.1 Å². The summed E-state index contributed by atoms with van der Waals surface area (Å²) in [5, 5.41) is 1.48. The van der Waals surface area contributed by atoms with Crippen LogP contribution >= 0.6 is 0 Å². The van der Waals surface area contributed by atoms with E-state index in [4.69, 9.17) is 16.3 Å². The molecule has 0 atom stereocenters. The molecule has 0 amide bonds. The third kappa shape index (κ3) is 6.45. The van der Waals surface area contributed by atoms with Crippen LogP contribution in [0.1, 0.15) is 58.3 Å². The molecule has 239 valence electrons. The molecule has 8 rings (SSSR count). The number of imidazole rings is 1. The summed E-state index contributed by atoms with van der Waals surface area (Å²) in [4.78, 5) is 13.4. The molecule has 1 aliphatic heterocycles. The topological polar surface area (TPSA) is 56.7 Å². The van der Waals surface area contributed by atoms with Crippen molar-refractivity contribution in [3.63, 3.8) is 0 Å². The summed E-state index contributed by atoms with van der Waals surface area (Å²) in [6.07, 6.45) is 2.34. The molecule has 3 aromatic carbocycles. The first kappa shape index (κ1) is 26.7. The van der Waals surface area contributed by atoms with Gasteiger partial charge in [-0.3, -0.25) is 4.98 Å². The van der Waals surface area contributed by atoms with E-state index in [1.807, 2.05) is 45.0 Å². The number of rotatable bonds is 4. The van der Waals surface area contributed by atoms with Crippen LogP contribution in [0.5, 0.6) is 0 Å². The Bertz CT molecular complexity index is 2440. The molecule has 7 aromatic rings. The first-order valence-corrected chi connectivity index (χ1v) is 15.5. The van der Waals surface area contributed by atoms with Crippen LogP contribution in [0.15, 0.2) is 95.6 Å². The fourth-order valence-electron chi connectivity index (χ4n) is 6.07. The second-order valence-corrected chi connectivity index (χ2v) is 12.9. The van der Waals surface area contributed by atoms with Gasteiger partial charge in [0.1, 0.15) is 0 Å². The van der Waals surface area contributed by atoms with Gasteiger partial charge in [0.05, 0.1) is 22.4 Å². The Labute approximate surface area is 297 Å². The Morgan fingerprint density at radius 3 is 2.62 bits per heavy atom. The Hall–Kier alpha value is -4.38. The molecule has 0 N–H and O–H groups in total. The quantitative estimate of drug-likeness (QED) is 0.166. The number of hydrogen-bond donors (Lipinski definition) is 0. The molecule has 5 heterocycles. The second-order valence-electron chi connectivity index (χ2n) is 12.9. The van der Waals surface area contributed by atoms with E-state index in [0.29, 0.717) is 33.7 Å². The van der Waals surface area contributed by atoms with Crippen molar-refractivity contribution in [1.29, 1.82) is 0 Å². The maximum absolute atomic E-state index is 8.55. The van der Waals surface area contributed by atoms with Gasteiger partial charge in [-0.05, 0) is 60.1 Å². The first-order chi connectivity index (χ1) is 24.1. The van der Waals surface area contributed by atoms with E-state index in [1.54, 1.807) is 30.5 Å². The van der Waals surface area contributed by atoms with E-state index in [-0.39, 0.29) is 31.5 Å². The number of allylic oxidation sites excluding steroid dienone is 2. The molecule has 0 saturated heterocycles. The van der Waals surface area contributed by atoms with Gasteiger partial charge in [-0.1, -0.05) is 75.4 Å². The Morgan fingerprint density at radius 2 is 1.85 bits per heavy atom. The molecular weight excluding hydrogens is 757 g/mol. The van der Waals surface area contributed by atoms with Crippen molar-refractivity contribution >= 4 is 38.7 Å². The van der Waals surface area contributed by atoms with E-state index >= 15 is 0 Å². The molecule has 0 aliphatic carbocycles. The summed E-state index contributed by atoms with van der Waals surface area (Å²) < 4.78 is 48.1. The number of fused-ring (bicyclic) bond motifs is 3. The summed E-state index contributed by atoms with van der Waals surface area (Å²) >= 11 is 0. The largest absolute Gasteiger partial charge is 0.486 e. The van der Waals surface area contributed by atoms with Crippen LogP contribution in [0, 0.1) is 30.3 Å². The van der Waals surface area contributed by atoms with Crippen LogP contribution in [0.3, 0.4) is 0 Å². The van der Waals surface area contributed by atoms with Crippen LogP contribution in [0.25, 0.3) is 61.3 Å². The molecule has 6 heteroatoms. The molecule has 47 heavy (non-hydrogen) atoms. The van der Waals surface area contributed by atoms with Gasteiger partial charge in [0.2, 0.25) is 5.71 Å². The monoisotopic (exact) mass is 800 g/mol. The predicted octanol–water partition coefficient (Wildman–Crippen LogP) is 10.3. The number of aryl methyl sites for hydroxylation is 1. The molecule has 0 unspecified atom stereocenters. The zero-order chi connectivity index (χ0) is 36.3. The number of pyridine rings is 2. The smallest absolute Gasteiger partial charge is 0.216 e. The molecule has 1 aliphatic rings. The molecular formula is C41H38IrN4O-2. The average Bonchev–Trinajstić information content (AvgIpc) is 3.67. The molecule has 0 fully saturated rings. The van der Waals surface area contributed by atoms with Crippen molar-refractivity contribution in [2.24, 2.45) is 11.3 Å². The number of benzene rings is 3. The molecule has 0 spiro atoms. The third-order valence-electron chi connectivity index (χ3n) is 7.98. The maximum atomic E-state index is 8.55. The zero-order valence-corrected chi connectivity index (χ0v) is 29.4. The molecule has 0 saturated carbocycles. The van der Waals surface area contributed by atoms with Crippen LogP contribution in [-0.2, 0) is 33.0 Å². The van der Waals surface area contributed by atoms with Crippen molar-refractivity contribution in [2.45, 2.75) is 54.4 Å². The molecule has 1 radical (unpaired) electrons. The van der Waals surface area contributed by atoms with Crippen LogP contribution in [0.4, 0.5) is 0 Å². The maximum Gasteiger partial charge on any atom is 0.216 e.